The number of pyridine rings is 1. The summed E-state index contributed by atoms with van der Waals surface area (Å²) in [5.74, 6) is 0.996. The molecule has 7 heteroatoms. The minimum Gasteiger partial charge on any atom is -0.310 e. The zero-order valence-electron chi connectivity index (χ0n) is 10.00. The molecule has 0 aliphatic heterocycles. The van der Waals surface area contributed by atoms with E-state index in [0.717, 1.165) is 33.2 Å². The molecule has 0 saturated heterocycles. The molecule has 4 nitrogen and oxygen atoms in total. The molecule has 0 amide bonds. The zero-order valence-corrected chi connectivity index (χ0v) is 12.4. The summed E-state index contributed by atoms with van der Waals surface area (Å²) >= 11 is 5.03. The van der Waals surface area contributed by atoms with Crippen molar-refractivity contribution in [1.29, 1.82) is 0 Å². The van der Waals surface area contributed by atoms with Crippen LogP contribution in [0.25, 0.3) is 0 Å². The van der Waals surface area contributed by atoms with Gasteiger partial charge in [0.05, 0.1) is 5.69 Å². The number of aromatic nitrogens is 3. The molecule has 0 fully saturated rings. The summed E-state index contributed by atoms with van der Waals surface area (Å²) in [6.07, 6.45) is 3.83. The zero-order chi connectivity index (χ0) is 12.6. The molecule has 2 aromatic rings. The highest BCUT2D eigenvalue weighted by Gasteiger charge is 2.02. The Labute approximate surface area is 119 Å². The van der Waals surface area contributed by atoms with Gasteiger partial charge >= 0.3 is 0 Å². The van der Waals surface area contributed by atoms with Crippen LogP contribution >= 0.6 is 34.9 Å². The molecule has 0 saturated carbocycles. The van der Waals surface area contributed by atoms with Crippen LogP contribution in [-0.2, 0) is 6.54 Å². The normalized spacial score (nSPS) is 10.7. The van der Waals surface area contributed by atoms with E-state index in [-0.39, 0.29) is 0 Å². The molecule has 0 spiro atoms. The summed E-state index contributed by atoms with van der Waals surface area (Å²) in [6, 6.07) is 5.96. The van der Waals surface area contributed by atoms with Crippen molar-refractivity contribution in [3.05, 3.63) is 30.1 Å². The molecular formula is C11H14N4S3. The van der Waals surface area contributed by atoms with Gasteiger partial charge in [-0.1, -0.05) is 40.9 Å². The van der Waals surface area contributed by atoms with Crippen LogP contribution in [-0.4, -0.2) is 33.7 Å². The van der Waals surface area contributed by atoms with Gasteiger partial charge in [0.1, 0.15) is 0 Å². The van der Waals surface area contributed by atoms with Gasteiger partial charge in [-0.05, 0) is 18.4 Å². The standard InChI is InChI=1S/C11H14N4S3/c1-16-10-14-15-11(18-10)17-7-6-12-8-9-4-2-3-5-13-9/h2-5,12H,6-8H2,1H3. The van der Waals surface area contributed by atoms with Crippen molar-refractivity contribution >= 4 is 34.9 Å². The highest BCUT2D eigenvalue weighted by molar-refractivity contribution is 8.02. The van der Waals surface area contributed by atoms with Crippen LogP contribution in [0.1, 0.15) is 5.69 Å². The predicted octanol–water partition coefficient (Wildman–Crippen LogP) is 2.54. The highest BCUT2D eigenvalue weighted by Crippen LogP contribution is 2.26. The Morgan fingerprint density at radius 2 is 2.17 bits per heavy atom. The second-order valence-electron chi connectivity index (χ2n) is 3.38. The van der Waals surface area contributed by atoms with Gasteiger partial charge in [0.15, 0.2) is 8.68 Å². The number of hydrogen-bond donors (Lipinski definition) is 1. The summed E-state index contributed by atoms with van der Waals surface area (Å²) in [6.45, 7) is 1.75. The Morgan fingerprint density at radius 3 is 2.89 bits per heavy atom. The van der Waals surface area contributed by atoms with Crippen LogP contribution in [0.5, 0.6) is 0 Å². The van der Waals surface area contributed by atoms with E-state index in [1.165, 1.54) is 0 Å². The molecule has 0 bridgehead atoms. The van der Waals surface area contributed by atoms with Crippen molar-refractivity contribution in [1.82, 2.24) is 20.5 Å². The first-order chi connectivity index (χ1) is 8.88. The van der Waals surface area contributed by atoms with E-state index in [1.54, 1.807) is 34.9 Å². The molecule has 18 heavy (non-hydrogen) atoms. The fraction of sp³-hybridized carbons (Fsp3) is 0.364. The van der Waals surface area contributed by atoms with Crippen molar-refractivity contribution in [2.75, 3.05) is 18.6 Å². The average molecular weight is 298 g/mol. The van der Waals surface area contributed by atoms with Gasteiger partial charge in [-0.15, -0.1) is 10.2 Å². The van der Waals surface area contributed by atoms with Gasteiger partial charge in [0.2, 0.25) is 0 Å². The van der Waals surface area contributed by atoms with Gasteiger partial charge in [-0.2, -0.15) is 0 Å². The van der Waals surface area contributed by atoms with Gasteiger partial charge in [-0.3, -0.25) is 4.98 Å². The summed E-state index contributed by atoms with van der Waals surface area (Å²) < 4.78 is 2.07. The summed E-state index contributed by atoms with van der Waals surface area (Å²) in [7, 11) is 0. The number of rotatable bonds is 7. The molecule has 96 valence electrons. The third-order valence-electron chi connectivity index (χ3n) is 2.10. The summed E-state index contributed by atoms with van der Waals surface area (Å²) in [5, 5.41) is 11.5. The quantitative estimate of drug-likeness (QED) is 0.626. The minimum atomic E-state index is 0.813. The van der Waals surface area contributed by atoms with E-state index >= 15 is 0 Å². The SMILES string of the molecule is CSc1nnc(SCCNCc2ccccn2)s1. The van der Waals surface area contributed by atoms with E-state index in [0.29, 0.717) is 0 Å². The first-order valence-electron chi connectivity index (χ1n) is 5.49. The number of nitrogens with one attached hydrogen (secondary N) is 1. The van der Waals surface area contributed by atoms with Gasteiger partial charge < -0.3 is 5.32 Å². The van der Waals surface area contributed by atoms with Crippen LogP contribution in [0.3, 0.4) is 0 Å². The second kappa shape index (κ2) is 7.73. The molecule has 2 aromatic heterocycles. The average Bonchev–Trinajstić information content (AvgIpc) is 2.87. The van der Waals surface area contributed by atoms with Crippen molar-refractivity contribution in [2.24, 2.45) is 0 Å². The molecule has 1 N–H and O–H groups in total. The molecular weight excluding hydrogens is 284 g/mol. The van der Waals surface area contributed by atoms with E-state index in [9.17, 15) is 0 Å². The number of nitrogens with zero attached hydrogens (tertiary/aromatic N) is 3. The maximum Gasteiger partial charge on any atom is 0.175 e. The Balaban J connectivity index is 1.61. The van der Waals surface area contributed by atoms with Crippen molar-refractivity contribution in [3.63, 3.8) is 0 Å². The molecule has 0 aliphatic carbocycles. The lowest BCUT2D eigenvalue weighted by Gasteiger charge is -2.02. The third kappa shape index (κ3) is 4.56. The fourth-order valence-corrected chi connectivity index (χ4v) is 3.67. The number of thioether (sulfide) groups is 2. The topological polar surface area (TPSA) is 50.7 Å². The molecule has 0 atom stereocenters. The number of hydrogen-bond acceptors (Lipinski definition) is 7. The minimum absolute atomic E-state index is 0.813. The Hall–Kier alpha value is -0.630. The van der Waals surface area contributed by atoms with Crippen molar-refractivity contribution < 1.29 is 0 Å². The largest absolute Gasteiger partial charge is 0.310 e. The van der Waals surface area contributed by atoms with Crippen LogP contribution in [0, 0.1) is 0 Å². The van der Waals surface area contributed by atoms with E-state index in [2.05, 4.69) is 20.5 Å². The van der Waals surface area contributed by atoms with E-state index in [1.807, 2.05) is 30.7 Å². The van der Waals surface area contributed by atoms with Crippen LogP contribution < -0.4 is 5.32 Å². The maximum absolute atomic E-state index is 4.26. The molecule has 0 radical (unpaired) electrons. The highest BCUT2D eigenvalue weighted by atomic mass is 32.2. The van der Waals surface area contributed by atoms with Crippen LogP contribution in [0.15, 0.2) is 33.1 Å². The fourth-order valence-electron chi connectivity index (χ4n) is 1.27. The lowest BCUT2D eigenvalue weighted by molar-refractivity contribution is 0.715. The summed E-state index contributed by atoms with van der Waals surface area (Å²) in [5.41, 5.74) is 1.07. The molecule has 0 aromatic carbocycles. The van der Waals surface area contributed by atoms with Gasteiger partial charge in [0, 0.05) is 25.0 Å². The third-order valence-corrected chi connectivity index (χ3v) is 5.13. The Kier molecular flexibility index (Phi) is 5.92. The second-order valence-corrected chi connectivity index (χ2v) is 6.76. The monoisotopic (exact) mass is 298 g/mol. The summed E-state index contributed by atoms with van der Waals surface area (Å²) in [4.78, 5) is 4.26. The van der Waals surface area contributed by atoms with Crippen LogP contribution in [0.2, 0.25) is 0 Å². The van der Waals surface area contributed by atoms with E-state index in [4.69, 9.17) is 0 Å². The lowest BCUT2D eigenvalue weighted by Crippen LogP contribution is -2.17. The molecule has 0 unspecified atom stereocenters. The first kappa shape index (κ1) is 13.8. The van der Waals surface area contributed by atoms with Crippen molar-refractivity contribution in [2.45, 2.75) is 15.2 Å². The first-order valence-corrected chi connectivity index (χ1v) is 8.52. The van der Waals surface area contributed by atoms with Crippen molar-refractivity contribution in [3.8, 4) is 0 Å². The Bertz CT molecular complexity index is 460. The molecule has 0 aliphatic rings. The lowest BCUT2D eigenvalue weighted by atomic mass is 10.3. The molecule has 2 rings (SSSR count). The molecule has 2 heterocycles. The van der Waals surface area contributed by atoms with Gasteiger partial charge in [-0.25, -0.2) is 0 Å². The maximum atomic E-state index is 4.26. The Morgan fingerprint density at radius 1 is 1.28 bits per heavy atom. The predicted molar refractivity (Wildman–Crippen MR) is 78.4 cm³/mol. The van der Waals surface area contributed by atoms with E-state index < -0.39 is 0 Å². The smallest absolute Gasteiger partial charge is 0.175 e. The van der Waals surface area contributed by atoms with Crippen LogP contribution in [0.4, 0.5) is 0 Å². The van der Waals surface area contributed by atoms with Gasteiger partial charge in [0.25, 0.3) is 0 Å².